The molecule has 2 aromatic heterocycles. The lowest BCUT2D eigenvalue weighted by molar-refractivity contribution is 0.239. The first-order chi connectivity index (χ1) is 12.0. The first kappa shape index (κ1) is 17.2. The van der Waals surface area contributed by atoms with Crippen molar-refractivity contribution in [1.82, 2.24) is 19.8 Å². The van der Waals surface area contributed by atoms with Gasteiger partial charge in [0.05, 0.1) is 43.2 Å². The summed E-state index contributed by atoms with van der Waals surface area (Å²) in [6.45, 7) is 0.194. The number of benzene rings is 1. The van der Waals surface area contributed by atoms with Gasteiger partial charge in [-0.05, 0) is 12.1 Å². The number of H-pyrrole nitrogens is 1. The number of halogens is 1. The fourth-order valence-corrected chi connectivity index (χ4v) is 2.87. The largest absolute Gasteiger partial charge is 0.495 e. The van der Waals surface area contributed by atoms with Gasteiger partial charge in [0, 0.05) is 28.9 Å². The van der Waals surface area contributed by atoms with E-state index in [2.05, 4.69) is 10.2 Å². The first-order valence-corrected chi connectivity index (χ1v) is 7.90. The predicted octanol–water partition coefficient (Wildman–Crippen LogP) is 1.58. The summed E-state index contributed by atoms with van der Waals surface area (Å²) >= 11 is 6.28. The lowest BCUT2D eigenvalue weighted by atomic mass is 10.1. The van der Waals surface area contributed by atoms with Gasteiger partial charge in [-0.2, -0.15) is 5.10 Å². The van der Waals surface area contributed by atoms with Crippen LogP contribution in [0, 0.1) is 0 Å². The standard InChI is InChI=1S/C16H19ClN6O2/c1-25-15-4-11-12(10-6-20-21-7-10)8-23(14(11)5-13(15)17)16(18)9-22(19)2-3-24/h4-9,24H,2-3,18-19H2,1H3,(H,20,21)/b16-9+. The van der Waals surface area contributed by atoms with E-state index in [1.165, 1.54) is 5.01 Å². The molecule has 0 radical (unpaired) electrons. The van der Waals surface area contributed by atoms with E-state index < -0.39 is 0 Å². The van der Waals surface area contributed by atoms with Crippen molar-refractivity contribution >= 4 is 28.3 Å². The van der Waals surface area contributed by atoms with Crippen LogP contribution in [0.5, 0.6) is 5.75 Å². The molecule has 0 fully saturated rings. The third kappa shape index (κ3) is 3.27. The topological polar surface area (TPSA) is 118 Å². The Morgan fingerprint density at radius 3 is 2.96 bits per heavy atom. The fraction of sp³-hybridized carbons (Fsp3) is 0.188. The number of ether oxygens (including phenoxy) is 1. The van der Waals surface area contributed by atoms with Gasteiger partial charge in [0.1, 0.15) is 11.6 Å². The Balaban J connectivity index is 2.20. The highest BCUT2D eigenvalue weighted by Crippen LogP contribution is 2.37. The van der Waals surface area contributed by atoms with E-state index in [4.69, 9.17) is 33.0 Å². The number of nitrogens with two attached hydrogens (primary N) is 2. The van der Waals surface area contributed by atoms with Gasteiger partial charge >= 0.3 is 0 Å². The number of fused-ring (bicyclic) bond motifs is 1. The third-order valence-electron chi connectivity index (χ3n) is 3.82. The molecule has 6 N–H and O–H groups in total. The lowest BCUT2D eigenvalue weighted by Crippen LogP contribution is -2.29. The summed E-state index contributed by atoms with van der Waals surface area (Å²) < 4.78 is 7.10. The molecule has 0 unspecified atom stereocenters. The van der Waals surface area contributed by atoms with Crippen LogP contribution in [0.1, 0.15) is 0 Å². The molecule has 25 heavy (non-hydrogen) atoms. The van der Waals surface area contributed by atoms with Gasteiger partial charge in [0.2, 0.25) is 0 Å². The molecular weight excluding hydrogens is 344 g/mol. The van der Waals surface area contributed by atoms with E-state index in [-0.39, 0.29) is 13.2 Å². The zero-order valence-corrected chi connectivity index (χ0v) is 14.4. The zero-order valence-electron chi connectivity index (χ0n) is 13.6. The van der Waals surface area contributed by atoms with Crippen molar-refractivity contribution in [2.75, 3.05) is 20.3 Å². The summed E-state index contributed by atoms with van der Waals surface area (Å²) in [6, 6.07) is 3.64. The highest BCUT2D eigenvalue weighted by atomic mass is 35.5. The van der Waals surface area contributed by atoms with E-state index in [0.29, 0.717) is 16.6 Å². The maximum absolute atomic E-state index is 8.97. The van der Waals surface area contributed by atoms with Crippen LogP contribution >= 0.6 is 11.6 Å². The molecule has 9 heteroatoms. The highest BCUT2D eigenvalue weighted by Gasteiger charge is 2.16. The Bertz CT molecular complexity index is 903. The summed E-state index contributed by atoms with van der Waals surface area (Å²) in [4.78, 5) is 0. The van der Waals surface area contributed by atoms with Crippen molar-refractivity contribution in [3.63, 3.8) is 0 Å². The molecule has 8 nitrogen and oxygen atoms in total. The molecule has 0 aliphatic heterocycles. The molecule has 0 bridgehead atoms. The van der Waals surface area contributed by atoms with Crippen molar-refractivity contribution in [3.8, 4) is 16.9 Å². The quantitative estimate of drug-likeness (QED) is 0.390. The lowest BCUT2D eigenvalue weighted by Gasteiger charge is -2.14. The minimum Gasteiger partial charge on any atom is -0.495 e. The molecule has 0 atom stereocenters. The first-order valence-electron chi connectivity index (χ1n) is 7.52. The average molecular weight is 363 g/mol. The normalized spacial score (nSPS) is 11.9. The molecule has 2 heterocycles. The van der Waals surface area contributed by atoms with Crippen LogP contribution in [0.25, 0.3) is 27.9 Å². The number of aromatic nitrogens is 3. The summed E-state index contributed by atoms with van der Waals surface area (Å²) in [6.07, 6.45) is 6.94. The minimum atomic E-state index is -0.0734. The number of nitrogens with zero attached hydrogens (tertiary/aromatic N) is 3. The number of aliphatic hydroxyl groups excluding tert-OH is 1. The van der Waals surface area contributed by atoms with Gasteiger partial charge in [0.15, 0.2) is 0 Å². The van der Waals surface area contributed by atoms with E-state index >= 15 is 0 Å². The SMILES string of the molecule is COc1cc2c(-c3cn[nH]c3)cn(/C(N)=C/N(N)CCO)c2cc1Cl. The van der Waals surface area contributed by atoms with Gasteiger partial charge in [0.25, 0.3) is 0 Å². The number of aromatic amines is 1. The van der Waals surface area contributed by atoms with Gasteiger partial charge in [-0.15, -0.1) is 0 Å². The van der Waals surface area contributed by atoms with Crippen molar-refractivity contribution in [3.05, 3.63) is 41.9 Å². The van der Waals surface area contributed by atoms with Crippen molar-refractivity contribution in [2.45, 2.75) is 0 Å². The van der Waals surface area contributed by atoms with E-state index in [0.717, 1.165) is 22.0 Å². The van der Waals surface area contributed by atoms with Crippen LogP contribution in [0.4, 0.5) is 0 Å². The van der Waals surface area contributed by atoms with Gasteiger partial charge in [-0.1, -0.05) is 11.6 Å². The van der Waals surface area contributed by atoms with Gasteiger partial charge in [-0.3, -0.25) is 5.10 Å². The summed E-state index contributed by atoms with van der Waals surface area (Å²) in [7, 11) is 1.57. The van der Waals surface area contributed by atoms with Crippen LogP contribution in [0.15, 0.2) is 36.9 Å². The third-order valence-corrected chi connectivity index (χ3v) is 4.12. The Morgan fingerprint density at radius 2 is 2.32 bits per heavy atom. The predicted molar refractivity (Wildman–Crippen MR) is 97.5 cm³/mol. The second-order valence-electron chi connectivity index (χ2n) is 5.42. The second-order valence-corrected chi connectivity index (χ2v) is 5.83. The fourth-order valence-electron chi connectivity index (χ4n) is 2.64. The maximum Gasteiger partial charge on any atom is 0.138 e. The number of hydrogen-bond acceptors (Lipinski definition) is 6. The Morgan fingerprint density at radius 1 is 1.52 bits per heavy atom. The molecule has 0 aliphatic rings. The molecular formula is C16H19ClN6O2. The Kier molecular flexibility index (Phi) is 4.84. The summed E-state index contributed by atoms with van der Waals surface area (Å²) in [5.41, 5.74) is 8.82. The van der Waals surface area contributed by atoms with Gasteiger partial charge < -0.3 is 25.2 Å². The van der Waals surface area contributed by atoms with E-state index in [9.17, 15) is 0 Å². The monoisotopic (exact) mass is 362 g/mol. The number of methoxy groups -OCH3 is 1. The molecule has 132 valence electrons. The summed E-state index contributed by atoms with van der Waals surface area (Å²) in [5.74, 6) is 6.74. The Labute approximate surface area is 149 Å². The van der Waals surface area contributed by atoms with E-state index in [1.54, 1.807) is 36.3 Å². The Hall–Kier alpha value is -2.68. The zero-order chi connectivity index (χ0) is 18.0. The molecule has 0 amide bonds. The van der Waals surface area contributed by atoms with Crippen LogP contribution in [0.3, 0.4) is 0 Å². The number of rotatable bonds is 6. The molecule has 0 saturated carbocycles. The van der Waals surface area contributed by atoms with Crippen molar-refractivity contribution in [1.29, 1.82) is 0 Å². The van der Waals surface area contributed by atoms with Crippen LogP contribution < -0.4 is 16.3 Å². The number of hydrogen-bond donors (Lipinski definition) is 4. The maximum atomic E-state index is 8.97. The molecule has 0 spiro atoms. The average Bonchev–Trinajstić information content (AvgIpc) is 3.21. The second kappa shape index (κ2) is 7.06. The molecule has 3 aromatic rings. The molecule has 1 aromatic carbocycles. The van der Waals surface area contributed by atoms with E-state index in [1.807, 2.05) is 12.3 Å². The van der Waals surface area contributed by atoms with Crippen LogP contribution in [-0.4, -0.2) is 45.1 Å². The van der Waals surface area contributed by atoms with Gasteiger partial charge in [-0.25, -0.2) is 5.84 Å². The molecule has 0 saturated heterocycles. The minimum absolute atomic E-state index is 0.0734. The highest BCUT2D eigenvalue weighted by molar-refractivity contribution is 6.33. The van der Waals surface area contributed by atoms with Crippen LogP contribution in [-0.2, 0) is 0 Å². The molecule has 3 rings (SSSR count). The number of aliphatic hydroxyl groups is 1. The van der Waals surface area contributed by atoms with Crippen molar-refractivity contribution < 1.29 is 9.84 Å². The number of hydrazine groups is 1. The smallest absolute Gasteiger partial charge is 0.138 e. The molecule has 0 aliphatic carbocycles. The van der Waals surface area contributed by atoms with Crippen LogP contribution in [0.2, 0.25) is 5.02 Å². The number of nitrogens with one attached hydrogen (secondary N) is 1. The van der Waals surface area contributed by atoms with Crippen molar-refractivity contribution in [2.24, 2.45) is 11.6 Å². The summed E-state index contributed by atoms with van der Waals surface area (Å²) in [5, 5.41) is 18.5.